The molecule has 3 nitrogen and oxygen atoms in total. The van der Waals surface area contributed by atoms with Crippen molar-refractivity contribution in [1.29, 1.82) is 0 Å². The Morgan fingerprint density at radius 3 is 2.94 bits per heavy atom. The van der Waals surface area contributed by atoms with E-state index in [9.17, 15) is 0 Å². The van der Waals surface area contributed by atoms with E-state index >= 15 is 0 Å². The Labute approximate surface area is 110 Å². The average Bonchev–Trinajstić information content (AvgIpc) is 2.87. The van der Waals surface area contributed by atoms with Crippen molar-refractivity contribution in [3.8, 4) is 0 Å². The van der Waals surface area contributed by atoms with E-state index in [-0.39, 0.29) is 0 Å². The lowest BCUT2D eigenvalue weighted by Gasteiger charge is -2.31. The Balaban J connectivity index is 1.58. The van der Waals surface area contributed by atoms with Gasteiger partial charge in [-0.1, -0.05) is 0 Å². The average molecular weight is 248 g/mol. The Morgan fingerprint density at radius 2 is 2.33 bits per heavy atom. The minimum atomic E-state index is 0.589. The van der Waals surface area contributed by atoms with Crippen LogP contribution in [0, 0.1) is 0 Å². The molecular weight excluding hydrogens is 224 g/mol. The highest BCUT2D eigenvalue weighted by Crippen LogP contribution is 2.30. The molecule has 100 valence electrons. The first-order valence-corrected chi connectivity index (χ1v) is 7.34. The summed E-state index contributed by atoms with van der Waals surface area (Å²) in [6.07, 6.45) is 8.27. The summed E-state index contributed by atoms with van der Waals surface area (Å²) in [6, 6.07) is 6.21. The maximum Gasteiger partial charge on any atom is 0.105 e. The summed E-state index contributed by atoms with van der Waals surface area (Å²) in [5.74, 6) is 1.12. The lowest BCUT2D eigenvalue weighted by molar-refractivity contribution is 0.175. The molecule has 3 heteroatoms. The molecule has 1 aliphatic carbocycles. The quantitative estimate of drug-likeness (QED) is 0.838. The van der Waals surface area contributed by atoms with Crippen LogP contribution in [0.25, 0.3) is 0 Å². The molecule has 2 atom stereocenters. The molecule has 0 spiro atoms. The Morgan fingerprint density at radius 1 is 1.44 bits per heavy atom. The first-order valence-electron chi connectivity index (χ1n) is 7.34. The van der Waals surface area contributed by atoms with E-state index in [1.165, 1.54) is 38.8 Å². The van der Waals surface area contributed by atoms with Gasteiger partial charge in [-0.15, -0.1) is 0 Å². The van der Waals surface area contributed by atoms with Crippen LogP contribution in [0.1, 0.15) is 38.4 Å². The molecule has 3 rings (SSSR count). The van der Waals surface area contributed by atoms with Crippen molar-refractivity contribution in [2.24, 2.45) is 0 Å². The van der Waals surface area contributed by atoms with Crippen LogP contribution in [0.4, 0.5) is 0 Å². The zero-order valence-electron chi connectivity index (χ0n) is 11.3. The second-order valence-electron chi connectivity index (χ2n) is 5.85. The molecular formula is C15H24N2O. The fourth-order valence-electron chi connectivity index (χ4n) is 3.10. The van der Waals surface area contributed by atoms with E-state index in [1.807, 2.05) is 6.07 Å². The highest BCUT2D eigenvalue weighted by molar-refractivity contribution is 5.02. The van der Waals surface area contributed by atoms with Crippen LogP contribution in [-0.2, 0) is 6.42 Å². The highest BCUT2D eigenvalue weighted by Gasteiger charge is 2.34. The lowest BCUT2D eigenvalue weighted by Crippen LogP contribution is -2.44. The van der Waals surface area contributed by atoms with E-state index < -0.39 is 0 Å². The van der Waals surface area contributed by atoms with Gasteiger partial charge in [-0.05, 0) is 51.3 Å². The van der Waals surface area contributed by atoms with Crippen LogP contribution in [0.2, 0.25) is 0 Å². The van der Waals surface area contributed by atoms with Crippen molar-refractivity contribution in [2.75, 3.05) is 13.1 Å². The summed E-state index contributed by atoms with van der Waals surface area (Å²) < 4.78 is 5.48. The van der Waals surface area contributed by atoms with Gasteiger partial charge in [0.15, 0.2) is 0 Å². The summed E-state index contributed by atoms with van der Waals surface area (Å²) in [5, 5.41) is 3.62. The lowest BCUT2D eigenvalue weighted by atomic mass is 10.1. The van der Waals surface area contributed by atoms with Crippen molar-refractivity contribution in [1.82, 2.24) is 10.2 Å². The molecule has 0 amide bonds. The van der Waals surface area contributed by atoms with Gasteiger partial charge >= 0.3 is 0 Å². The van der Waals surface area contributed by atoms with Crippen LogP contribution in [0.3, 0.4) is 0 Å². The number of hydrogen-bond acceptors (Lipinski definition) is 3. The minimum absolute atomic E-state index is 0.589. The summed E-state index contributed by atoms with van der Waals surface area (Å²) in [4.78, 5) is 2.70. The molecule has 0 radical (unpaired) electrons. The first kappa shape index (κ1) is 12.2. The van der Waals surface area contributed by atoms with Gasteiger partial charge in [0.1, 0.15) is 5.76 Å². The second kappa shape index (κ2) is 5.45. The second-order valence-corrected chi connectivity index (χ2v) is 5.85. The van der Waals surface area contributed by atoms with Crippen LogP contribution >= 0.6 is 0 Å². The molecule has 2 heterocycles. The first-order chi connectivity index (χ1) is 8.83. The van der Waals surface area contributed by atoms with E-state index in [1.54, 1.807) is 6.26 Å². The predicted octanol–water partition coefficient (Wildman–Crippen LogP) is 2.43. The predicted molar refractivity (Wildman–Crippen MR) is 72.6 cm³/mol. The molecule has 18 heavy (non-hydrogen) atoms. The Kier molecular flexibility index (Phi) is 3.71. The third kappa shape index (κ3) is 2.96. The van der Waals surface area contributed by atoms with Gasteiger partial charge in [0.2, 0.25) is 0 Å². The molecule has 0 aromatic carbocycles. The molecule has 2 aliphatic rings. The van der Waals surface area contributed by atoms with Crippen LogP contribution < -0.4 is 5.32 Å². The van der Waals surface area contributed by atoms with Gasteiger partial charge in [-0.3, -0.25) is 4.90 Å². The van der Waals surface area contributed by atoms with Crippen LogP contribution in [0.15, 0.2) is 22.8 Å². The monoisotopic (exact) mass is 248 g/mol. The van der Waals surface area contributed by atoms with Gasteiger partial charge < -0.3 is 9.73 Å². The zero-order chi connectivity index (χ0) is 12.4. The molecule has 1 saturated carbocycles. The SMILES string of the molecule is CC(Cc1ccco1)N(CC1CCCN1)C1CC1. The molecule has 0 bridgehead atoms. The fraction of sp³-hybridized carbons (Fsp3) is 0.733. The van der Waals surface area contributed by atoms with Crippen molar-refractivity contribution < 1.29 is 4.42 Å². The molecule has 2 fully saturated rings. The minimum Gasteiger partial charge on any atom is -0.469 e. The third-order valence-electron chi connectivity index (χ3n) is 4.25. The van der Waals surface area contributed by atoms with Crippen LogP contribution in [0.5, 0.6) is 0 Å². The normalized spacial score (nSPS) is 25.8. The molecule has 2 unspecified atom stereocenters. The van der Waals surface area contributed by atoms with Gasteiger partial charge in [-0.25, -0.2) is 0 Å². The zero-order valence-corrected chi connectivity index (χ0v) is 11.3. The van der Waals surface area contributed by atoms with Gasteiger partial charge in [0, 0.05) is 31.1 Å². The largest absolute Gasteiger partial charge is 0.469 e. The maximum absolute atomic E-state index is 5.48. The van der Waals surface area contributed by atoms with Crippen LogP contribution in [-0.4, -0.2) is 36.1 Å². The Bertz CT molecular complexity index is 353. The van der Waals surface area contributed by atoms with E-state index in [4.69, 9.17) is 4.42 Å². The molecule has 1 aromatic rings. The van der Waals surface area contributed by atoms with Crippen molar-refractivity contribution in [3.63, 3.8) is 0 Å². The highest BCUT2D eigenvalue weighted by atomic mass is 16.3. The maximum atomic E-state index is 5.48. The number of nitrogens with one attached hydrogen (secondary N) is 1. The summed E-state index contributed by atoms with van der Waals surface area (Å²) in [7, 11) is 0. The Hall–Kier alpha value is -0.800. The standard InChI is InChI=1S/C15H24N2O/c1-12(10-15-5-3-9-18-15)17(14-6-7-14)11-13-4-2-8-16-13/h3,5,9,12-14,16H,2,4,6-8,10-11H2,1H3. The summed E-state index contributed by atoms with van der Waals surface area (Å²) in [5.41, 5.74) is 0. The molecule has 1 saturated heterocycles. The van der Waals surface area contributed by atoms with E-state index in [2.05, 4.69) is 23.2 Å². The topological polar surface area (TPSA) is 28.4 Å². The van der Waals surface area contributed by atoms with Gasteiger partial charge in [0.05, 0.1) is 6.26 Å². The number of rotatable bonds is 6. The van der Waals surface area contributed by atoms with Crippen molar-refractivity contribution in [3.05, 3.63) is 24.2 Å². The van der Waals surface area contributed by atoms with E-state index in [0.717, 1.165) is 18.2 Å². The van der Waals surface area contributed by atoms with Crippen molar-refractivity contribution in [2.45, 2.75) is 57.2 Å². The van der Waals surface area contributed by atoms with E-state index in [0.29, 0.717) is 12.1 Å². The van der Waals surface area contributed by atoms with Crippen molar-refractivity contribution >= 4 is 0 Å². The number of hydrogen-bond donors (Lipinski definition) is 1. The molecule has 1 aromatic heterocycles. The third-order valence-corrected chi connectivity index (χ3v) is 4.25. The molecule has 1 N–H and O–H groups in total. The smallest absolute Gasteiger partial charge is 0.105 e. The molecule has 1 aliphatic heterocycles. The number of furan rings is 1. The number of nitrogens with zero attached hydrogens (tertiary/aromatic N) is 1. The summed E-state index contributed by atoms with van der Waals surface area (Å²) >= 11 is 0. The summed E-state index contributed by atoms with van der Waals surface area (Å²) in [6.45, 7) is 4.76. The fourth-order valence-corrected chi connectivity index (χ4v) is 3.10. The van der Waals surface area contributed by atoms with Gasteiger partial charge in [0.25, 0.3) is 0 Å². The van der Waals surface area contributed by atoms with Gasteiger partial charge in [-0.2, -0.15) is 0 Å².